The molecule has 0 atom stereocenters. The smallest absolute Gasteiger partial charge is 0.131 e. The maximum absolute atomic E-state index is 13.2. The van der Waals surface area contributed by atoms with Crippen LogP contribution in [-0.4, -0.2) is 13.6 Å². The predicted molar refractivity (Wildman–Crippen MR) is 57.1 cm³/mol. The van der Waals surface area contributed by atoms with E-state index in [9.17, 15) is 4.39 Å². The summed E-state index contributed by atoms with van der Waals surface area (Å²) in [6.45, 7) is 0.737. The summed E-state index contributed by atoms with van der Waals surface area (Å²) in [6.07, 6.45) is 3.64. The van der Waals surface area contributed by atoms with Gasteiger partial charge in [-0.15, -0.1) is 0 Å². The van der Waals surface area contributed by atoms with Crippen molar-refractivity contribution in [3.63, 3.8) is 0 Å². The number of nitrogens with one attached hydrogen (secondary N) is 1. The molecular weight excluding hydrogens is 233 g/mol. The summed E-state index contributed by atoms with van der Waals surface area (Å²) in [5, 5.41) is 2.95. The first-order valence-electron chi connectivity index (χ1n) is 4.01. The van der Waals surface area contributed by atoms with Gasteiger partial charge in [-0.05, 0) is 19.2 Å². The second-order valence-corrected chi connectivity index (χ2v) is 3.45. The molecule has 0 saturated carbocycles. The lowest BCUT2D eigenvalue weighted by atomic mass is 10.2. The molecule has 0 heterocycles. The van der Waals surface area contributed by atoms with Gasteiger partial charge in [0.25, 0.3) is 0 Å². The zero-order valence-electron chi connectivity index (χ0n) is 7.35. The number of hydrogen-bond acceptors (Lipinski definition) is 1. The molecule has 0 saturated heterocycles. The van der Waals surface area contributed by atoms with Gasteiger partial charge in [-0.2, -0.15) is 0 Å². The van der Waals surface area contributed by atoms with Crippen molar-refractivity contribution in [2.45, 2.75) is 0 Å². The fourth-order valence-corrected chi connectivity index (χ4v) is 1.44. The number of benzene rings is 1. The van der Waals surface area contributed by atoms with Crippen LogP contribution in [0.25, 0.3) is 6.08 Å². The molecule has 70 valence electrons. The van der Waals surface area contributed by atoms with Crippen molar-refractivity contribution in [1.82, 2.24) is 5.32 Å². The first-order chi connectivity index (χ1) is 6.25. The minimum atomic E-state index is -0.207. The highest BCUT2D eigenvalue weighted by Gasteiger charge is 2.00. The van der Waals surface area contributed by atoms with E-state index >= 15 is 0 Å². The van der Waals surface area contributed by atoms with E-state index in [-0.39, 0.29) is 5.82 Å². The van der Waals surface area contributed by atoms with Crippen molar-refractivity contribution in [3.8, 4) is 0 Å². The van der Waals surface area contributed by atoms with E-state index in [0.717, 1.165) is 11.0 Å². The Balaban J connectivity index is 2.87. The molecule has 1 aromatic rings. The van der Waals surface area contributed by atoms with Crippen LogP contribution in [0.2, 0.25) is 0 Å². The molecule has 0 spiro atoms. The molecule has 1 N–H and O–H groups in total. The van der Waals surface area contributed by atoms with Crippen molar-refractivity contribution < 1.29 is 4.39 Å². The standard InChI is InChI=1S/C10H11BrFN/c1-13-7-3-4-8-9(11)5-2-6-10(8)12/h2-6,13H,7H2,1H3. The fourth-order valence-electron chi connectivity index (χ4n) is 0.965. The number of rotatable bonds is 3. The van der Waals surface area contributed by atoms with E-state index in [0.29, 0.717) is 5.56 Å². The third-order valence-electron chi connectivity index (χ3n) is 1.61. The molecule has 1 aromatic carbocycles. The maximum Gasteiger partial charge on any atom is 0.131 e. The molecule has 3 heteroatoms. The molecule has 0 aromatic heterocycles. The van der Waals surface area contributed by atoms with Gasteiger partial charge in [-0.1, -0.05) is 34.1 Å². The maximum atomic E-state index is 13.2. The molecular formula is C10H11BrFN. The zero-order chi connectivity index (χ0) is 9.68. The number of likely N-dealkylation sites (N-methyl/N-ethyl adjacent to an activating group) is 1. The third-order valence-corrected chi connectivity index (χ3v) is 2.30. The molecule has 0 aliphatic rings. The van der Waals surface area contributed by atoms with E-state index in [4.69, 9.17) is 0 Å². The molecule has 0 amide bonds. The van der Waals surface area contributed by atoms with Crippen LogP contribution in [0.4, 0.5) is 4.39 Å². The minimum Gasteiger partial charge on any atom is -0.316 e. The molecule has 0 bridgehead atoms. The Kier molecular flexibility index (Phi) is 4.12. The van der Waals surface area contributed by atoms with Crippen molar-refractivity contribution in [2.75, 3.05) is 13.6 Å². The molecule has 1 rings (SSSR count). The highest BCUT2D eigenvalue weighted by molar-refractivity contribution is 9.10. The van der Waals surface area contributed by atoms with Crippen LogP contribution >= 0.6 is 15.9 Å². The summed E-state index contributed by atoms with van der Waals surface area (Å²) in [5.74, 6) is -0.207. The average Bonchev–Trinajstić information content (AvgIpc) is 2.10. The monoisotopic (exact) mass is 243 g/mol. The van der Waals surface area contributed by atoms with Crippen LogP contribution in [0.15, 0.2) is 28.7 Å². The van der Waals surface area contributed by atoms with E-state index in [1.807, 2.05) is 19.2 Å². The topological polar surface area (TPSA) is 12.0 Å². The summed E-state index contributed by atoms with van der Waals surface area (Å²) in [6, 6.07) is 4.95. The molecule has 13 heavy (non-hydrogen) atoms. The van der Waals surface area contributed by atoms with E-state index in [1.54, 1.807) is 12.1 Å². The van der Waals surface area contributed by atoms with E-state index < -0.39 is 0 Å². The van der Waals surface area contributed by atoms with Gasteiger partial charge in [-0.25, -0.2) is 4.39 Å². The zero-order valence-corrected chi connectivity index (χ0v) is 8.94. The molecule has 0 unspecified atom stereocenters. The van der Waals surface area contributed by atoms with Gasteiger partial charge in [0.05, 0.1) is 0 Å². The van der Waals surface area contributed by atoms with Crippen LogP contribution in [0.3, 0.4) is 0 Å². The van der Waals surface area contributed by atoms with Crippen LogP contribution in [-0.2, 0) is 0 Å². The van der Waals surface area contributed by atoms with Gasteiger partial charge in [0.1, 0.15) is 5.82 Å². The van der Waals surface area contributed by atoms with Crippen molar-refractivity contribution >= 4 is 22.0 Å². The normalized spacial score (nSPS) is 11.0. The quantitative estimate of drug-likeness (QED) is 0.862. The Bertz CT molecular complexity index is 290. The lowest BCUT2D eigenvalue weighted by molar-refractivity contribution is 0.624. The Morgan fingerprint density at radius 3 is 2.92 bits per heavy atom. The third kappa shape index (κ3) is 2.94. The molecule has 1 nitrogen and oxygen atoms in total. The second-order valence-electron chi connectivity index (χ2n) is 2.60. The van der Waals surface area contributed by atoms with Crippen molar-refractivity contribution in [1.29, 1.82) is 0 Å². The SMILES string of the molecule is CNCC=Cc1c(F)cccc1Br. The van der Waals surface area contributed by atoms with Gasteiger partial charge >= 0.3 is 0 Å². The summed E-state index contributed by atoms with van der Waals surface area (Å²) in [5.41, 5.74) is 0.595. The largest absolute Gasteiger partial charge is 0.316 e. The highest BCUT2D eigenvalue weighted by atomic mass is 79.9. The van der Waals surface area contributed by atoms with Crippen LogP contribution in [0, 0.1) is 5.82 Å². The lowest BCUT2D eigenvalue weighted by Gasteiger charge is -1.99. The number of halogens is 2. The Labute approximate surface area is 85.8 Å². The van der Waals surface area contributed by atoms with Crippen LogP contribution in [0.5, 0.6) is 0 Å². The van der Waals surface area contributed by atoms with Crippen LogP contribution in [0.1, 0.15) is 5.56 Å². The fraction of sp³-hybridized carbons (Fsp3) is 0.200. The Morgan fingerprint density at radius 1 is 1.54 bits per heavy atom. The second kappa shape index (κ2) is 5.14. The Hall–Kier alpha value is -0.670. The molecule has 0 fully saturated rings. The molecule has 0 radical (unpaired) electrons. The lowest BCUT2D eigenvalue weighted by Crippen LogP contribution is -2.03. The van der Waals surface area contributed by atoms with E-state index in [2.05, 4.69) is 21.2 Å². The highest BCUT2D eigenvalue weighted by Crippen LogP contribution is 2.20. The minimum absolute atomic E-state index is 0.207. The van der Waals surface area contributed by atoms with Crippen LogP contribution < -0.4 is 5.32 Å². The summed E-state index contributed by atoms with van der Waals surface area (Å²) in [4.78, 5) is 0. The first-order valence-corrected chi connectivity index (χ1v) is 4.80. The van der Waals surface area contributed by atoms with Crippen molar-refractivity contribution in [2.24, 2.45) is 0 Å². The first kappa shape index (κ1) is 10.4. The molecule has 0 aliphatic heterocycles. The summed E-state index contributed by atoms with van der Waals surface area (Å²) in [7, 11) is 1.85. The van der Waals surface area contributed by atoms with Gasteiger partial charge in [-0.3, -0.25) is 0 Å². The predicted octanol–water partition coefficient (Wildman–Crippen LogP) is 2.82. The van der Waals surface area contributed by atoms with Gasteiger partial charge in [0, 0.05) is 16.6 Å². The van der Waals surface area contributed by atoms with Gasteiger partial charge in [0.2, 0.25) is 0 Å². The number of hydrogen-bond donors (Lipinski definition) is 1. The summed E-state index contributed by atoms with van der Waals surface area (Å²) >= 11 is 3.29. The average molecular weight is 244 g/mol. The Morgan fingerprint density at radius 2 is 2.31 bits per heavy atom. The molecule has 0 aliphatic carbocycles. The van der Waals surface area contributed by atoms with Gasteiger partial charge in [0.15, 0.2) is 0 Å². The summed E-state index contributed by atoms with van der Waals surface area (Å²) < 4.78 is 14.0. The van der Waals surface area contributed by atoms with Gasteiger partial charge < -0.3 is 5.32 Å². The van der Waals surface area contributed by atoms with E-state index in [1.165, 1.54) is 6.07 Å². The van der Waals surface area contributed by atoms with Crippen molar-refractivity contribution in [3.05, 3.63) is 40.1 Å².